The lowest BCUT2D eigenvalue weighted by Crippen LogP contribution is -2.25. The Hall–Kier alpha value is -0.870. The Morgan fingerprint density at radius 2 is 2.50 bits per heavy atom. The number of hydrogen-bond acceptors (Lipinski definition) is 6. The largest absolute Gasteiger partial charge is 0.396 e. The monoisotopic (exact) mass is 261 g/mol. The minimum atomic E-state index is -0.0382. The number of aliphatic hydroxyl groups excluding tert-OH is 1. The second-order valence-corrected chi connectivity index (χ2v) is 4.42. The normalized spacial score (nSPS) is 12.1. The number of methoxy groups -OCH3 is 1. The van der Waals surface area contributed by atoms with E-state index in [0.717, 1.165) is 0 Å². The molecule has 7 heteroatoms. The molecular formula is C9H12ClN3O2S. The number of nitrogens with one attached hydrogen (secondary N) is 1. The fourth-order valence-corrected chi connectivity index (χ4v) is 2.19. The zero-order valence-electron chi connectivity index (χ0n) is 8.73. The first kappa shape index (κ1) is 13.2. The van der Waals surface area contributed by atoms with Gasteiger partial charge in [-0.25, -0.2) is 4.98 Å². The molecule has 0 saturated heterocycles. The highest BCUT2D eigenvalue weighted by Gasteiger charge is 2.13. The van der Waals surface area contributed by atoms with Gasteiger partial charge in [0.15, 0.2) is 10.3 Å². The molecule has 0 aliphatic rings. The highest BCUT2D eigenvalue weighted by molar-refractivity contribution is 7.16. The number of anilines is 1. The minimum Gasteiger partial charge on any atom is -0.396 e. The molecule has 0 aliphatic heterocycles. The number of nitrogens with zero attached hydrogens (tertiary/aromatic N) is 2. The molecule has 1 aromatic heterocycles. The van der Waals surface area contributed by atoms with Crippen molar-refractivity contribution >= 4 is 28.1 Å². The minimum absolute atomic E-state index is 0.0382. The van der Waals surface area contributed by atoms with Crippen molar-refractivity contribution in [1.82, 2.24) is 4.98 Å². The molecular weight excluding hydrogens is 250 g/mol. The Kier molecular flexibility index (Phi) is 5.49. The predicted octanol–water partition coefficient (Wildman–Crippen LogP) is 1.48. The molecule has 16 heavy (non-hydrogen) atoms. The first-order chi connectivity index (χ1) is 7.71. The Morgan fingerprint density at radius 3 is 3.00 bits per heavy atom. The molecule has 0 radical (unpaired) electrons. The van der Waals surface area contributed by atoms with E-state index in [1.807, 2.05) is 6.07 Å². The van der Waals surface area contributed by atoms with E-state index in [4.69, 9.17) is 26.7 Å². The third-order valence-corrected chi connectivity index (χ3v) is 3.14. The first-order valence-corrected chi connectivity index (χ1v) is 5.83. The van der Waals surface area contributed by atoms with Gasteiger partial charge >= 0.3 is 0 Å². The maximum Gasteiger partial charge on any atom is 0.185 e. The number of thiazole rings is 1. The number of nitriles is 1. The van der Waals surface area contributed by atoms with Crippen molar-refractivity contribution in [2.75, 3.05) is 25.6 Å². The van der Waals surface area contributed by atoms with Gasteiger partial charge in [-0.2, -0.15) is 5.26 Å². The summed E-state index contributed by atoms with van der Waals surface area (Å²) in [6, 6.07) is 1.92. The van der Waals surface area contributed by atoms with Crippen molar-refractivity contribution in [3.63, 3.8) is 0 Å². The molecule has 0 fully saturated rings. The van der Waals surface area contributed by atoms with Crippen LogP contribution in [0.2, 0.25) is 5.15 Å². The fraction of sp³-hybridized carbons (Fsp3) is 0.556. The van der Waals surface area contributed by atoms with Gasteiger partial charge < -0.3 is 15.2 Å². The van der Waals surface area contributed by atoms with Crippen molar-refractivity contribution < 1.29 is 9.84 Å². The molecule has 1 rings (SSSR count). The Bertz CT molecular complexity index is 371. The van der Waals surface area contributed by atoms with Gasteiger partial charge in [0.05, 0.1) is 12.6 Å². The molecule has 1 aromatic rings. The first-order valence-electron chi connectivity index (χ1n) is 4.64. The van der Waals surface area contributed by atoms with Crippen LogP contribution in [0.5, 0.6) is 0 Å². The lowest BCUT2D eigenvalue weighted by molar-refractivity contribution is 0.170. The van der Waals surface area contributed by atoms with Crippen LogP contribution < -0.4 is 5.32 Å². The van der Waals surface area contributed by atoms with E-state index in [-0.39, 0.29) is 17.8 Å². The maximum absolute atomic E-state index is 8.86. The van der Waals surface area contributed by atoms with Crippen LogP contribution in [0.25, 0.3) is 0 Å². The zero-order chi connectivity index (χ0) is 12.0. The Balaban J connectivity index is 2.66. The summed E-state index contributed by atoms with van der Waals surface area (Å²) in [5.41, 5.74) is 0. The fourth-order valence-electron chi connectivity index (χ4n) is 1.16. The van der Waals surface area contributed by atoms with Crippen molar-refractivity contribution in [3.8, 4) is 6.07 Å². The summed E-state index contributed by atoms with van der Waals surface area (Å²) in [4.78, 5) is 4.38. The lowest BCUT2D eigenvalue weighted by atomic mass is 10.2. The summed E-state index contributed by atoms with van der Waals surface area (Å²) >= 11 is 6.93. The van der Waals surface area contributed by atoms with Gasteiger partial charge in [0.1, 0.15) is 10.9 Å². The molecule has 0 amide bonds. The van der Waals surface area contributed by atoms with E-state index in [0.29, 0.717) is 23.0 Å². The maximum atomic E-state index is 8.86. The summed E-state index contributed by atoms with van der Waals surface area (Å²) in [5.74, 6) is 0. The number of rotatable bonds is 6. The lowest BCUT2D eigenvalue weighted by Gasteiger charge is -2.15. The van der Waals surface area contributed by atoms with Crippen molar-refractivity contribution in [3.05, 3.63) is 10.0 Å². The molecule has 2 N–H and O–H groups in total. The van der Waals surface area contributed by atoms with Gasteiger partial charge in [-0.3, -0.25) is 0 Å². The Labute approximate surface area is 103 Å². The van der Waals surface area contributed by atoms with Crippen LogP contribution in [0.3, 0.4) is 0 Å². The van der Waals surface area contributed by atoms with Gasteiger partial charge in [0, 0.05) is 13.7 Å². The molecule has 0 aliphatic carbocycles. The number of ether oxygens (including phenoxy) is 1. The van der Waals surface area contributed by atoms with E-state index in [9.17, 15) is 0 Å². The second-order valence-electron chi connectivity index (χ2n) is 3.06. The van der Waals surface area contributed by atoms with Crippen LogP contribution in [-0.2, 0) is 4.74 Å². The topological polar surface area (TPSA) is 78.2 Å². The number of hydrogen-bond donors (Lipinski definition) is 2. The van der Waals surface area contributed by atoms with Gasteiger partial charge in [0.25, 0.3) is 0 Å². The smallest absolute Gasteiger partial charge is 0.185 e. The van der Waals surface area contributed by atoms with Crippen molar-refractivity contribution in [2.24, 2.45) is 0 Å². The van der Waals surface area contributed by atoms with E-state index >= 15 is 0 Å². The quantitative estimate of drug-likeness (QED) is 0.811. The van der Waals surface area contributed by atoms with Crippen LogP contribution in [0.4, 0.5) is 5.13 Å². The average Bonchev–Trinajstić information content (AvgIpc) is 2.59. The van der Waals surface area contributed by atoms with Crippen LogP contribution in [-0.4, -0.2) is 36.5 Å². The molecule has 1 atom stereocenters. The van der Waals surface area contributed by atoms with Crippen LogP contribution in [0.15, 0.2) is 0 Å². The molecule has 0 bridgehead atoms. The molecule has 0 saturated carbocycles. The second kappa shape index (κ2) is 6.66. The molecule has 88 valence electrons. The zero-order valence-corrected chi connectivity index (χ0v) is 10.3. The van der Waals surface area contributed by atoms with Crippen LogP contribution in [0.1, 0.15) is 11.3 Å². The molecule has 0 aromatic carbocycles. The van der Waals surface area contributed by atoms with E-state index in [1.54, 1.807) is 7.11 Å². The van der Waals surface area contributed by atoms with E-state index < -0.39 is 0 Å². The number of halogens is 1. The third-order valence-electron chi connectivity index (χ3n) is 1.86. The highest BCUT2D eigenvalue weighted by Crippen LogP contribution is 2.26. The summed E-state index contributed by atoms with van der Waals surface area (Å²) in [7, 11) is 1.58. The predicted molar refractivity (Wildman–Crippen MR) is 62.8 cm³/mol. The van der Waals surface area contributed by atoms with Gasteiger partial charge in [-0.15, -0.1) is 0 Å². The SMILES string of the molecule is COCC(CCO)Nc1nc(Cl)c(C#N)s1. The molecule has 5 nitrogen and oxygen atoms in total. The van der Waals surface area contributed by atoms with Gasteiger partial charge in [-0.1, -0.05) is 22.9 Å². The van der Waals surface area contributed by atoms with Gasteiger partial charge in [0.2, 0.25) is 0 Å². The average molecular weight is 262 g/mol. The Morgan fingerprint density at radius 1 is 1.75 bits per heavy atom. The van der Waals surface area contributed by atoms with E-state index in [1.165, 1.54) is 11.3 Å². The number of aromatic nitrogens is 1. The summed E-state index contributed by atoms with van der Waals surface area (Å²) in [5, 5.41) is 21.4. The van der Waals surface area contributed by atoms with Gasteiger partial charge in [-0.05, 0) is 6.42 Å². The number of aliphatic hydroxyl groups is 1. The third kappa shape index (κ3) is 3.61. The van der Waals surface area contributed by atoms with Crippen LogP contribution in [0, 0.1) is 11.3 Å². The van der Waals surface area contributed by atoms with Crippen molar-refractivity contribution in [1.29, 1.82) is 5.26 Å². The van der Waals surface area contributed by atoms with Crippen LogP contribution >= 0.6 is 22.9 Å². The van der Waals surface area contributed by atoms with Crippen molar-refractivity contribution in [2.45, 2.75) is 12.5 Å². The van der Waals surface area contributed by atoms with E-state index in [2.05, 4.69) is 10.3 Å². The molecule has 1 unspecified atom stereocenters. The standard InChI is InChI=1S/C9H12ClN3O2S/c1-15-5-6(2-3-14)12-9-13-8(10)7(4-11)16-9/h6,14H,2-3,5H2,1H3,(H,12,13). The summed E-state index contributed by atoms with van der Waals surface area (Å²) in [6.45, 7) is 0.519. The molecule has 1 heterocycles. The summed E-state index contributed by atoms with van der Waals surface area (Å²) in [6.07, 6.45) is 0.549. The highest BCUT2D eigenvalue weighted by atomic mass is 35.5. The summed E-state index contributed by atoms with van der Waals surface area (Å²) < 4.78 is 5.00. The molecule has 0 spiro atoms.